The van der Waals surface area contributed by atoms with Crippen LogP contribution in [0.4, 0.5) is 0 Å². The van der Waals surface area contributed by atoms with Gasteiger partial charge in [-0.15, -0.1) is 0 Å². The van der Waals surface area contributed by atoms with Crippen molar-refractivity contribution in [1.82, 2.24) is 9.78 Å². The SMILES string of the molecule is COc1cc2c(cc1OC)C(=O)/C(=C/c1c(C(=O)O)cnn1C)CC2. The van der Waals surface area contributed by atoms with E-state index in [1.165, 1.54) is 18.0 Å². The molecule has 1 aromatic heterocycles. The van der Waals surface area contributed by atoms with E-state index in [0.717, 1.165) is 5.56 Å². The third kappa shape index (κ3) is 2.88. The second kappa shape index (κ2) is 6.43. The summed E-state index contributed by atoms with van der Waals surface area (Å²) < 4.78 is 12.0. The highest BCUT2D eigenvalue weighted by atomic mass is 16.5. The first-order valence-electron chi connectivity index (χ1n) is 7.71. The molecule has 0 saturated heterocycles. The monoisotopic (exact) mass is 342 g/mol. The van der Waals surface area contributed by atoms with E-state index < -0.39 is 5.97 Å². The summed E-state index contributed by atoms with van der Waals surface area (Å²) >= 11 is 0. The average Bonchev–Trinajstić information content (AvgIpc) is 2.97. The van der Waals surface area contributed by atoms with Crippen LogP contribution in [0.15, 0.2) is 23.9 Å². The number of allylic oxidation sites excluding steroid dienone is 1. The number of carboxylic acid groups (broad SMARTS) is 1. The van der Waals surface area contributed by atoms with Crippen molar-refractivity contribution in [1.29, 1.82) is 0 Å². The Hall–Kier alpha value is -3.09. The van der Waals surface area contributed by atoms with E-state index in [9.17, 15) is 14.7 Å². The molecule has 130 valence electrons. The van der Waals surface area contributed by atoms with E-state index in [4.69, 9.17) is 9.47 Å². The van der Waals surface area contributed by atoms with Crippen LogP contribution in [0.2, 0.25) is 0 Å². The molecule has 7 nitrogen and oxygen atoms in total. The standard InChI is InChI=1S/C18H18N2O5/c1-20-14(13(9-19-20)18(22)23)6-11-5-4-10-7-15(24-2)16(25-3)8-12(10)17(11)21/h6-9H,4-5H2,1-3H3,(H,22,23)/b11-6+. The van der Waals surface area contributed by atoms with Crippen molar-refractivity contribution in [3.8, 4) is 11.5 Å². The van der Waals surface area contributed by atoms with Gasteiger partial charge in [-0.05, 0) is 36.6 Å². The van der Waals surface area contributed by atoms with Crippen LogP contribution >= 0.6 is 0 Å². The molecule has 1 aliphatic rings. The van der Waals surface area contributed by atoms with Crippen LogP contribution < -0.4 is 9.47 Å². The second-order valence-corrected chi connectivity index (χ2v) is 5.74. The number of hydrogen-bond donors (Lipinski definition) is 1. The summed E-state index contributed by atoms with van der Waals surface area (Å²) in [6.45, 7) is 0. The number of nitrogens with zero attached hydrogens (tertiary/aromatic N) is 2. The van der Waals surface area contributed by atoms with Gasteiger partial charge in [0.25, 0.3) is 0 Å². The zero-order chi connectivity index (χ0) is 18.1. The molecule has 0 saturated carbocycles. The molecule has 0 aliphatic heterocycles. The minimum atomic E-state index is -1.07. The van der Waals surface area contributed by atoms with E-state index in [0.29, 0.717) is 41.2 Å². The smallest absolute Gasteiger partial charge is 0.339 e. The molecule has 0 fully saturated rings. The van der Waals surface area contributed by atoms with E-state index in [2.05, 4.69) is 5.10 Å². The summed E-state index contributed by atoms with van der Waals surface area (Å²) in [6.07, 6.45) is 4.07. The van der Waals surface area contributed by atoms with Crippen LogP contribution in [0.1, 0.15) is 38.4 Å². The highest BCUT2D eigenvalue weighted by Gasteiger charge is 2.25. The number of Topliss-reactive ketones (excluding diaryl/α,β-unsaturated/α-hetero) is 1. The van der Waals surface area contributed by atoms with Gasteiger partial charge in [0.2, 0.25) is 0 Å². The molecule has 1 aliphatic carbocycles. The number of ketones is 1. The third-order valence-corrected chi connectivity index (χ3v) is 4.34. The summed E-state index contributed by atoms with van der Waals surface area (Å²) in [5.74, 6) is -0.140. The molecule has 2 aromatic rings. The predicted octanol–water partition coefficient (Wildman–Crippen LogP) is 2.35. The van der Waals surface area contributed by atoms with E-state index in [1.54, 1.807) is 26.3 Å². The van der Waals surface area contributed by atoms with Gasteiger partial charge in [-0.3, -0.25) is 9.48 Å². The molecule has 1 heterocycles. The normalized spacial score (nSPS) is 15.2. The molecule has 0 amide bonds. The highest BCUT2D eigenvalue weighted by Crippen LogP contribution is 2.36. The molecule has 1 N–H and O–H groups in total. The van der Waals surface area contributed by atoms with Crippen molar-refractivity contribution in [3.63, 3.8) is 0 Å². The maximum absolute atomic E-state index is 12.9. The van der Waals surface area contributed by atoms with Crippen LogP contribution in [-0.2, 0) is 13.5 Å². The van der Waals surface area contributed by atoms with Gasteiger partial charge in [-0.1, -0.05) is 0 Å². The van der Waals surface area contributed by atoms with E-state index >= 15 is 0 Å². The van der Waals surface area contributed by atoms with Crippen molar-refractivity contribution in [3.05, 3.63) is 46.3 Å². The first kappa shape index (κ1) is 16.8. The number of fused-ring (bicyclic) bond motifs is 1. The number of carboxylic acids is 1. The van der Waals surface area contributed by atoms with Crippen LogP contribution in [0, 0.1) is 0 Å². The van der Waals surface area contributed by atoms with Crippen molar-refractivity contribution >= 4 is 17.8 Å². The Morgan fingerprint density at radius 3 is 2.56 bits per heavy atom. The first-order valence-corrected chi connectivity index (χ1v) is 7.71. The van der Waals surface area contributed by atoms with E-state index in [1.807, 2.05) is 6.07 Å². The number of methoxy groups -OCH3 is 2. The molecule has 0 radical (unpaired) electrons. The molecule has 0 unspecified atom stereocenters. The van der Waals surface area contributed by atoms with Gasteiger partial charge in [-0.25, -0.2) is 4.79 Å². The summed E-state index contributed by atoms with van der Waals surface area (Å²) in [6, 6.07) is 3.49. The Morgan fingerprint density at radius 2 is 1.92 bits per heavy atom. The minimum Gasteiger partial charge on any atom is -0.493 e. The Kier molecular flexibility index (Phi) is 4.31. The number of benzene rings is 1. The lowest BCUT2D eigenvalue weighted by atomic mass is 9.86. The van der Waals surface area contributed by atoms with E-state index in [-0.39, 0.29) is 11.3 Å². The molecular weight excluding hydrogens is 324 g/mol. The molecule has 7 heteroatoms. The lowest BCUT2D eigenvalue weighted by Crippen LogP contribution is -2.15. The van der Waals surface area contributed by atoms with Crippen LogP contribution in [-0.4, -0.2) is 40.9 Å². The number of carbonyl (C=O) groups is 2. The number of aryl methyl sites for hydroxylation is 2. The summed E-state index contributed by atoms with van der Waals surface area (Å²) in [5.41, 5.74) is 2.46. The van der Waals surface area contributed by atoms with Crippen molar-refractivity contribution in [2.45, 2.75) is 12.8 Å². The summed E-state index contributed by atoms with van der Waals surface area (Å²) in [5, 5.41) is 13.2. The molecule has 0 atom stereocenters. The maximum atomic E-state index is 12.9. The fourth-order valence-corrected chi connectivity index (χ4v) is 2.98. The lowest BCUT2D eigenvalue weighted by molar-refractivity contribution is 0.0696. The van der Waals surface area contributed by atoms with Gasteiger partial charge in [0, 0.05) is 18.2 Å². The molecule has 3 rings (SSSR count). The van der Waals surface area contributed by atoms with Crippen LogP contribution in [0.25, 0.3) is 6.08 Å². The van der Waals surface area contributed by atoms with Gasteiger partial charge in [0.15, 0.2) is 17.3 Å². The first-order chi connectivity index (χ1) is 12.0. The number of aromatic nitrogens is 2. The largest absolute Gasteiger partial charge is 0.493 e. The highest BCUT2D eigenvalue weighted by molar-refractivity contribution is 6.13. The Bertz CT molecular complexity index is 895. The number of rotatable bonds is 4. The second-order valence-electron chi connectivity index (χ2n) is 5.74. The fourth-order valence-electron chi connectivity index (χ4n) is 2.98. The maximum Gasteiger partial charge on any atom is 0.339 e. The fraction of sp³-hybridized carbons (Fsp3) is 0.278. The predicted molar refractivity (Wildman–Crippen MR) is 90.3 cm³/mol. The topological polar surface area (TPSA) is 90.7 Å². The van der Waals surface area contributed by atoms with Crippen molar-refractivity contribution in [2.75, 3.05) is 14.2 Å². The number of ether oxygens (including phenoxy) is 2. The number of aromatic carboxylic acids is 1. The molecule has 1 aromatic carbocycles. The summed E-state index contributed by atoms with van der Waals surface area (Å²) in [7, 11) is 4.72. The number of carbonyl (C=O) groups excluding carboxylic acids is 1. The molecule has 0 bridgehead atoms. The van der Waals surface area contributed by atoms with Crippen molar-refractivity contribution in [2.24, 2.45) is 7.05 Å². The number of hydrogen-bond acceptors (Lipinski definition) is 5. The zero-order valence-electron chi connectivity index (χ0n) is 14.2. The zero-order valence-corrected chi connectivity index (χ0v) is 14.2. The summed E-state index contributed by atoms with van der Waals surface area (Å²) in [4.78, 5) is 24.2. The van der Waals surface area contributed by atoms with Gasteiger partial charge in [-0.2, -0.15) is 5.10 Å². The van der Waals surface area contributed by atoms with Gasteiger partial charge in [0.05, 0.1) is 26.1 Å². The van der Waals surface area contributed by atoms with Crippen molar-refractivity contribution < 1.29 is 24.2 Å². The third-order valence-electron chi connectivity index (χ3n) is 4.34. The van der Waals surface area contributed by atoms with Gasteiger partial charge >= 0.3 is 5.97 Å². The quantitative estimate of drug-likeness (QED) is 0.858. The van der Waals surface area contributed by atoms with Gasteiger partial charge in [0.1, 0.15) is 5.56 Å². The molecular formula is C18H18N2O5. The van der Waals surface area contributed by atoms with Crippen LogP contribution in [0.5, 0.6) is 11.5 Å². The Balaban J connectivity index is 2.05. The van der Waals surface area contributed by atoms with Gasteiger partial charge < -0.3 is 14.6 Å². The molecule has 0 spiro atoms. The Labute approximate surface area is 144 Å². The lowest BCUT2D eigenvalue weighted by Gasteiger charge is -2.20. The van der Waals surface area contributed by atoms with Crippen LogP contribution in [0.3, 0.4) is 0 Å². The average molecular weight is 342 g/mol. The Morgan fingerprint density at radius 1 is 1.24 bits per heavy atom. The molecule has 25 heavy (non-hydrogen) atoms. The minimum absolute atomic E-state index is 0.0703.